The van der Waals surface area contributed by atoms with Gasteiger partial charge in [-0.2, -0.15) is 0 Å². The number of rotatable bonds is 10. The van der Waals surface area contributed by atoms with Crippen LogP contribution in [0.2, 0.25) is 0 Å². The molecule has 6 heteroatoms. The highest BCUT2D eigenvalue weighted by Crippen LogP contribution is 2.56. The Hall–Kier alpha value is -6.14. The molecule has 2 N–H and O–H groups in total. The van der Waals surface area contributed by atoms with Crippen molar-refractivity contribution in [2.24, 2.45) is 0 Å². The predicted molar refractivity (Wildman–Crippen MR) is 204 cm³/mol. The number of hydrogen-bond acceptors (Lipinski definition) is 4. The Morgan fingerprint density at radius 3 is 1.27 bits per heavy atom. The monoisotopic (exact) mass is 672 g/mol. The zero-order chi connectivity index (χ0) is 35.5. The van der Waals surface area contributed by atoms with Crippen molar-refractivity contribution in [3.05, 3.63) is 179 Å². The molecule has 1 aliphatic carbocycles. The Morgan fingerprint density at radius 2 is 0.882 bits per heavy atom. The van der Waals surface area contributed by atoms with E-state index in [0.717, 1.165) is 11.1 Å². The van der Waals surface area contributed by atoms with Gasteiger partial charge in [-0.05, 0) is 122 Å². The summed E-state index contributed by atoms with van der Waals surface area (Å²) in [6.45, 7) is 7.83. The van der Waals surface area contributed by atoms with Crippen molar-refractivity contribution in [3.63, 3.8) is 0 Å². The summed E-state index contributed by atoms with van der Waals surface area (Å²) in [5.74, 6) is 0.897. The van der Waals surface area contributed by atoms with Gasteiger partial charge in [-0.3, -0.25) is 9.59 Å². The van der Waals surface area contributed by atoms with Gasteiger partial charge in [-0.15, -0.1) is 0 Å². The molecule has 0 saturated carbocycles. The van der Waals surface area contributed by atoms with E-state index < -0.39 is 5.41 Å². The third-order valence-electron chi connectivity index (χ3n) is 9.04. The van der Waals surface area contributed by atoms with Gasteiger partial charge in [0.25, 0.3) is 11.8 Å². The fraction of sp³-hybridized carbons (Fsp3) is 0.156. The predicted octanol–water partition coefficient (Wildman–Crippen LogP) is 10.1. The maximum atomic E-state index is 13.3. The minimum atomic E-state index is -0.636. The molecule has 0 unspecified atom stereocenters. The SMILES string of the molecule is CC(C)Oc1cccc(C(=O)Nc2ccc(C3(c4ccc(NC(=O)c5cccc(OC(C)C)c5)cc4)c4ccccc4-c4ccccc43)cc2)c1. The Bertz CT molecular complexity index is 2050. The second-order valence-electron chi connectivity index (χ2n) is 13.3. The van der Waals surface area contributed by atoms with Gasteiger partial charge in [0.1, 0.15) is 11.5 Å². The summed E-state index contributed by atoms with van der Waals surface area (Å²) in [5, 5.41) is 6.11. The lowest BCUT2D eigenvalue weighted by atomic mass is 9.67. The van der Waals surface area contributed by atoms with Crippen molar-refractivity contribution >= 4 is 23.2 Å². The fourth-order valence-corrected chi connectivity index (χ4v) is 7.00. The number of carbonyl (C=O) groups excluding carboxylic acids is 2. The molecule has 7 rings (SSSR count). The van der Waals surface area contributed by atoms with Crippen LogP contribution >= 0.6 is 0 Å². The van der Waals surface area contributed by atoms with Gasteiger partial charge in [0.15, 0.2) is 0 Å². The quantitative estimate of drug-likeness (QED) is 0.152. The van der Waals surface area contributed by atoms with Gasteiger partial charge >= 0.3 is 0 Å². The molecule has 0 aromatic heterocycles. The van der Waals surface area contributed by atoms with E-state index in [9.17, 15) is 9.59 Å². The Balaban J connectivity index is 1.22. The molecule has 6 nitrogen and oxygen atoms in total. The van der Waals surface area contributed by atoms with E-state index >= 15 is 0 Å². The summed E-state index contributed by atoms with van der Waals surface area (Å²) in [7, 11) is 0. The Labute approximate surface area is 299 Å². The van der Waals surface area contributed by atoms with Crippen LogP contribution in [-0.4, -0.2) is 24.0 Å². The number of fused-ring (bicyclic) bond motifs is 3. The summed E-state index contributed by atoms with van der Waals surface area (Å²) in [6.07, 6.45) is 0.0218. The third-order valence-corrected chi connectivity index (χ3v) is 9.04. The molecule has 0 radical (unpaired) electrons. The van der Waals surface area contributed by atoms with Crippen molar-refractivity contribution in [2.45, 2.75) is 45.3 Å². The van der Waals surface area contributed by atoms with E-state index in [-0.39, 0.29) is 24.0 Å². The van der Waals surface area contributed by atoms with Crippen LogP contribution in [0, 0.1) is 0 Å². The van der Waals surface area contributed by atoms with Crippen molar-refractivity contribution < 1.29 is 19.1 Å². The van der Waals surface area contributed by atoms with Crippen LogP contribution in [0.4, 0.5) is 11.4 Å². The molecule has 2 amide bonds. The minimum absolute atomic E-state index is 0.0109. The Kier molecular flexibility index (Phi) is 9.16. The summed E-state index contributed by atoms with van der Waals surface area (Å²) in [6, 6.07) is 47.7. The lowest BCUT2D eigenvalue weighted by Crippen LogP contribution is -2.28. The van der Waals surface area contributed by atoms with Gasteiger partial charge < -0.3 is 20.1 Å². The molecule has 1 aliphatic rings. The lowest BCUT2D eigenvalue weighted by molar-refractivity contribution is 0.101. The number of anilines is 2. The zero-order valence-electron chi connectivity index (χ0n) is 29.1. The molecule has 0 fully saturated rings. The molecule has 6 aromatic carbocycles. The van der Waals surface area contributed by atoms with E-state index in [1.54, 1.807) is 24.3 Å². The van der Waals surface area contributed by atoms with Gasteiger partial charge in [0, 0.05) is 22.5 Å². The van der Waals surface area contributed by atoms with E-state index in [0.29, 0.717) is 34.0 Å². The highest BCUT2D eigenvalue weighted by Gasteiger charge is 2.45. The molecule has 51 heavy (non-hydrogen) atoms. The first kappa shape index (κ1) is 33.4. The molecular weight excluding hydrogens is 633 g/mol. The largest absolute Gasteiger partial charge is 0.491 e. The number of nitrogens with one attached hydrogen (secondary N) is 2. The molecule has 0 spiro atoms. The second-order valence-corrected chi connectivity index (χ2v) is 13.3. The number of hydrogen-bond donors (Lipinski definition) is 2. The first-order chi connectivity index (χ1) is 24.7. The van der Waals surface area contributed by atoms with Crippen LogP contribution in [0.3, 0.4) is 0 Å². The fourth-order valence-electron chi connectivity index (χ4n) is 7.00. The van der Waals surface area contributed by atoms with Gasteiger partial charge in [-0.1, -0.05) is 84.9 Å². The van der Waals surface area contributed by atoms with E-state index in [1.807, 2.05) is 76.2 Å². The van der Waals surface area contributed by atoms with Crippen molar-refractivity contribution in [1.29, 1.82) is 0 Å². The number of amides is 2. The van der Waals surface area contributed by atoms with E-state index in [2.05, 4.69) is 83.4 Å². The zero-order valence-corrected chi connectivity index (χ0v) is 29.1. The second kappa shape index (κ2) is 14.0. The average molecular weight is 673 g/mol. The van der Waals surface area contributed by atoms with Crippen LogP contribution in [0.5, 0.6) is 11.5 Å². The third kappa shape index (κ3) is 6.61. The molecule has 254 valence electrons. The Morgan fingerprint density at radius 1 is 0.490 bits per heavy atom. The molecule has 0 aliphatic heterocycles. The summed E-state index contributed by atoms with van der Waals surface area (Å²) >= 11 is 0. The topological polar surface area (TPSA) is 76.7 Å². The highest BCUT2D eigenvalue weighted by molar-refractivity contribution is 6.05. The van der Waals surface area contributed by atoms with Crippen LogP contribution < -0.4 is 20.1 Å². The summed E-state index contributed by atoms with van der Waals surface area (Å²) in [5.41, 5.74) is 8.60. The number of carbonyl (C=O) groups is 2. The van der Waals surface area contributed by atoms with Crippen molar-refractivity contribution in [2.75, 3.05) is 10.6 Å². The van der Waals surface area contributed by atoms with E-state index in [1.165, 1.54) is 22.3 Å². The maximum Gasteiger partial charge on any atom is 0.255 e. The lowest BCUT2D eigenvalue weighted by Gasteiger charge is -2.34. The van der Waals surface area contributed by atoms with Crippen LogP contribution in [0.1, 0.15) is 70.7 Å². The van der Waals surface area contributed by atoms with Gasteiger partial charge in [0.05, 0.1) is 17.6 Å². The molecule has 0 heterocycles. The number of benzene rings is 6. The van der Waals surface area contributed by atoms with Crippen molar-refractivity contribution in [1.82, 2.24) is 0 Å². The summed E-state index contributed by atoms with van der Waals surface area (Å²) in [4.78, 5) is 26.5. The smallest absolute Gasteiger partial charge is 0.255 e. The summed E-state index contributed by atoms with van der Waals surface area (Å²) < 4.78 is 11.6. The molecular formula is C45H40N2O4. The minimum Gasteiger partial charge on any atom is -0.491 e. The first-order valence-electron chi connectivity index (χ1n) is 17.3. The normalized spacial score (nSPS) is 12.6. The standard InChI is InChI=1S/C45H40N2O4/c1-29(2)50-37-13-9-11-31(27-37)43(48)46-35-23-19-33(20-24-35)45(41-17-7-5-15-39(41)40-16-6-8-18-42(40)45)34-21-25-36(26-22-34)47-44(49)32-12-10-14-38(28-32)51-30(3)4/h5-30H,1-4H3,(H,46,48)(H,47,49). The molecule has 0 saturated heterocycles. The molecule has 6 aromatic rings. The van der Waals surface area contributed by atoms with Crippen molar-refractivity contribution in [3.8, 4) is 22.6 Å². The van der Waals surface area contributed by atoms with Crippen LogP contribution in [0.25, 0.3) is 11.1 Å². The highest BCUT2D eigenvalue weighted by atomic mass is 16.5. The van der Waals surface area contributed by atoms with Gasteiger partial charge in [-0.25, -0.2) is 0 Å². The average Bonchev–Trinajstić information content (AvgIpc) is 3.43. The maximum absolute atomic E-state index is 13.3. The van der Waals surface area contributed by atoms with Crippen LogP contribution in [-0.2, 0) is 5.41 Å². The number of ether oxygens (including phenoxy) is 2. The molecule has 0 bridgehead atoms. The molecule has 0 atom stereocenters. The van der Waals surface area contributed by atoms with E-state index in [4.69, 9.17) is 9.47 Å². The first-order valence-corrected chi connectivity index (χ1v) is 17.3. The van der Waals surface area contributed by atoms with Crippen LogP contribution in [0.15, 0.2) is 146 Å². The van der Waals surface area contributed by atoms with Gasteiger partial charge in [0.2, 0.25) is 0 Å².